The van der Waals surface area contributed by atoms with Crippen LogP contribution in [-0.2, 0) is 21.2 Å². The zero-order valence-electron chi connectivity index (χ0n) is 16.2. The number of anilines is 4. The molecule has 1 aliphatic heterocycles. The summed E-state index contributed by atoms with van der Waals surface area (Å²) in [6.07, 6.45) is 0.588. The maximum absolute atomic E-state index is 14.6. The third-order valence-electron chi connectivity index (χ3n) is 4.84. The zero-order valence-corrected chi connectivity index (χ0v) is 17.0. The second-order valence-electron chi connectivity index (χ2n) is 7.13. The molecule has 0 aromatic heterocycles. The fourth-order valence-corrected chi connectivity index (χ4v) is 4.45. The summed E-state index contributed by atoms with van der Waals surface area (Å²) >= 11 is 0. The highest BCUT2D eigenvalue weighted by atomic mass is 32.2. The SMILES string of the molecule is Cc1ccc(Nc2ccccc2NS(=O)(=O)c2cc3c(cc2F)NC(=O)CC3)cc1. The molecule has 6 nitrogen and oxygen atoms in total. The van der Waals surface area contributed by atoms with Crippen molar-refractivity contribution in [2.45, 2.75) is 24.7 Å². The quantitative estimate of drug-likeness (QED) is 0.559. The summed E-state index contributed by atoms with van der Waals surface area (Å²) in [6, 6.07) is 16.8. The number of aryl methyl sites for hydroxylation is 2. The molecule has 30 heavy (non-hydrogen) atoms. The van der Waals surface area contributed by atoms with E-state index in [-0.39, 0.29) is 12.3 Å². The lowest BCUT2D eigenvalue weighted by Gasteiger charge is -2.19. The largest absolute Gasteiger partial charge is 0.354 e. The maximum Gasteiger partial charge on any atom is 0.264 e. The minimum Gasteiger partial charge on any atom is -0.354 e. The van der Waals surface area contributed by atoms with E-state index in [9.17, 15) is 17.6 Å². The van der Waals surface area contributed by atoms with Gasteiger partial charge in [-0.15, -0.1) is 0 Å². The van der Waals surface area contributed by atoms with Gasteiger partial charge in [-0.2, -0.15) is 0 Å². The number of fused-ring (bicyclic) bond motifs is 1. The minimum atomic E-state index is -4.19. The number of carbonyl (C=O) groups is 1. The van der Waals surface area contributed by atoms with E-state index >= 15 is 0 Å². The molecule has 0 bridgehead atoms. The normalized spacial score (nSPS) is 13.3. The molecule has 0 atom stereocenters. The standard InChI is InChI=1S/C22H20FN3O3S/c1-14-6-9-16(10-7-14)24-18-4-2-3-5-19(18)26-30(28,29)21-12-15-8-11-22(27)25-20(15)13-17(21)23/h2-7,9-10,12-13,24,26H,8,11H2,1H3,(H,25,27). The number of hydrogen-bond donors (Lipinski definition) is 3. The van der Waals surface area contributed by atoms with Crippen molar-refractivity contribution in [2.75, 3.05) is 15.4 Å². The number of benzene rings is 3. The Morgan fingerprint density at radius 3 is 2.40 bits per heavy atom. The highest BCUT2D eigenvalue weighted by molar-refractivity contribution is 7.92. The van der Waals surface area contributed by atoms with Crippen molar-refractivity contribution in [3.8, 4) is 0 Å². The van der Waals surface area contributed by atoms with Crippen LogP contribution in [0.1, 0.15) is 17.5 Å². The first-order chi connectivity index (χ1) is 14.3. The molecule has 0 radical (unpaired) electrons. The maximum atomic E-state index is 14.6. The average Bonchev–Trinajstić information content (AvgIpc) is 2.70. The predicted octanol–water partition coefficient (Wildman–Crippen LogP) is 4.56. The molecule has 0 spiro atoms. The van der Waals surface area contributed by atoms with E-state index < -0.39 is 20.7 Å². The molecule has 3 aromatic rings. The van der Waals surface area contributed by atoms with Crippen molar-refractivity contribution in [1.82, 2.24) is 0 Å². The second kappa shape index (κ2) is 7.79. The molecule has 1 heterocycles. The van der Waals surface area contributed by atoms with E-state index in [0.29, 0.717) is 29.0 Å². The number of halogens is 1. The van der Waals surface area contributed by atoms with Gasteiger partial charge in [-0.05, 0) is 55.3 Å². The van der Waals surface area contributed by atoms with Crippen LogP contribution in [-0.4, -0.2) is 14.3 Å². The van der Waals surface area contributed by atoms with Gasteiger partial charge in [0.05, 0.1) is 11.4 Å². The molecule has 0 aliphatic carbocycles. The summed E-state index contributed by atoms with van der Waals surface area (Å²) in [7, 11) is -4.19. The van der Waals surface area contributed by atoms with E-state index in [1.807, 2.05) is 31.2 Å². The van der Waals surface area contributed by atoms with Crippen LogP contribution in [0.4, 0.5) is 27.1 Å². The third kappa shape index (κ3) is 4.13. The smallest absolute Gasteiger partial charge is 0.264 e. The molecule has 154 valence electrons. The summed E-state index contributed by atoms with van der Waals surface area (Å²) in [6.45, 7) is 1.98. The molecule has 1 aliphatic rings. The fraction of sp³-hybridized carbons (Fsp3) is 0.136. The first-order valence-electron chi connectivity index (χ1n) is 9.40. The van der Waals surface area contributed by atoms with Crippen LogP contribution in [0.3, 0.4) is 0 Å². The highest BCUT2D eigenvalue weighted by Crippen LogP contribution is 2.31. The predicted molar refractivity (Wildman–Crippen MR) is 115 cm³/mol. The third-order valence-corrected chi connectivity index (χ3v) is 6.23. The van der Waals surface area contributed by atoms with E-state index in [4.69, 9.17) is 0 Å². The van der Waals surface area contributed by atoms with Gasteiger partial charge in [-0.1, -0.05) is 29.8 Å². The van der Waals surface area contributed by atoms with E-state index in [0.717, 1.165) is 17.3 Å². The molecule has 0 saturated heterocycles. The van der Waals surface area contributed by atoms with Gasteiger partial charge < -0.3 is 10.6 Å². The van der Waals surface area contributed by atoms with Gasteiger partial charge in [0.25, 0.3) is 10.0 Å². The second-order valence-corrected chi connectivity index (χ2v) is 8.78. The summed E-state index contributed by atoms with van der Waals surface area (Å²) < 4.78 is 43.0. The molecule has 0 fully saturated rings. The van der Waals surface area contributed by atoms with Crippen molar-refractivity contribution in [3.63, 3.8) is 0 Å². The molecule has 3 N–H and O–H groups in total. The van der Waals surface area contributed by atoms with Crippen molar-refractivity contribution >= 4 is 38.7 Å². The van der Waals surface area contributed by atoms with Gasteiger partial charge in [0, 0.05) is 17.8 Å². The van der Waals surface area contributed by atoms with Gasteiger partial charge in [0.15, 0.2) is 0 Å². The molecule has 1 amide bonds. The Labute approximate surface area is 174 Å². The lowest BCUT2D eigenvalue weighted by molar-refractivity contribution is -0.116. The van der Waals surface area contributed by atoms with Crippen LogP contribution in [0, 0.1) is 12.7 Å². The molecule has 0 unspecified atom stereocenters. The topological polar surface area (TPSA) is 87.3 Å². The first-order valence-corrected chi connectivity index (χ1v) is 10.9. The van der Waals surface area contributed by atoms with Gasteiger partial charge in [-0.3, -0.25) is 9.52 Å². The Hall–Kier alpha value is -3.39. The van der Waals surface area contributed by atoms with Crippen LogP contribution < -0.4 is 15.4 Å². The number of sulfonamides is 1. The molecule has 0 saturated carbocycles. The van der Waals surface area contributed by atoms with Gasteiger partial charge in [-0.25, -0.2) is 12.8 Å². The van der Waals surface area contributed by atoms with Crippen LogP contribution >= 0.6 is 0 Å². The van der Waals surface area contributed by atoms with E-state index in [2.05, 4.69) is 15.4 Å². The lowest BCUT2D eigenvalue weighted by atomic mass is 10.0. The van der Waals surface area contributed by atoms with Crippen LogP contribution in [0.2, 0.25) is 0 Å². The number of hydrogen-bond acceptors (Lipinski definition) is 4. The monoisotopic (exact) mass is 425 g/mol. The van der Waals surface area contributed by atoms with Gasteiger partial charge in [0.2, 0.25) is 5.91 Å². The Morgan fingerprint density at radius 2 is 1.67 bits per heavy atom. The van der Waals surface area contributed by atoms with E-state index in [1.165, 1.54) is 6.07 Å². The molecule has 8 heteroatoms. The summed E-state index contributed by atoms with van der Waals surface area (Å²) in [5, 5.41) is 5.74. The Kier molecular flexibility index (Phi) is 5.17. The number of carbonyl (C=O) groups excluding carboxylic acids is 1. The molecular formula is C22H20FN3O3S. The van der Waals surface area contributed by atoms with Crippen molar-refractivity contribution in [3.05, 3.63) is 77.6 Å². The van der Waals surface area contributed by atoms with Crippen LogP contribution in [0.5, 0.6) is 0 Å². The Morgan fingerprint density at radius 1 is 0.967 bits per heavy atom. The Balaban J connectivity index is 1.64. The molecule has 3 aromatic carbocycles. The number of para-hydroxylation sites is 2. The zero-order chi connectivity index (χ0) is 21.3. The van der Waals surface area contributed by atoms with Crippen molar-refractivity contribution in [2.24, 2.45) is 0 Å². The minimum absolute atomic E-state index is 0.216. The number of rotatable bonds is 5. The first kappa shape index (κ1) is 19.9. The van der Waals surface area contributed by atoms with Crippen molar-refractivity contribution < 1.29 is 17.6 Å². The van der Waals surface area contributed by atoms with Crippen molar-refractivity contribution in [1.29, 1.82) is 0 Å². The van der Waals surface area contributed by atoms with E-state index in [1.54, 1.807) is 24.3 Å². The number of amides is 1. The lowest BCUT2D eigenvalue weighted by Crippen LogP contribution is -2.21. The summed E-state index contributed by atoms with van der Waals surface area (Å²) in [5.74, 6) is -1.14. The van der Waals surface area contributed by atoms with Gasteiger partial charge in [0.1, 0.15) is 10.7 Å². The number of nitrogens with one attached hydrogen (secondary N) is 3. The molecular weight excluding hydrogens is 405 g/mol. The Bertz CT molecular complexity index is 1220. The van der Waals surface area contributed by atoms with Gasteiger partial charge >= 0.3 is 0 Å². The molecule has 4 rings (SSSR count). The fourth-order valence-electron chi connectivity index (χ4n) is 3.26. The highest BCUT2D eigenvalue weighted by Gasteiger charge is 2.25. The summed E-state index contributed by atoms with van der Waals surface area (Å²) in [5.41, 5.74) is 3.63. The van der Waals surface area contributed by atoms with Crippen LogP contribution in [0.15, 0.2) is 65.6 Å². The van der Waals surface area contributed by atoms with Crippen LogP contribution in [0.25, 0.3) is 0 Å². The summed E-state index contributed by atoms with van der Waals surface area (Å²) in [4.78, 5) is 11.0. The average molecular weight is 425 g/mol.